The van der Waals surface area contributed by atoms with Crippen LogP contribution in [0.25, 0.3) is 16.5 Å². The fraction of sp³-hybridized carbons (Fsp3) is 0.300. The van der Waals surface area contributed by atoms with Crippen molar-refractivity contribution in [1.82, 2.24) is 9.78 Å². The number of hydrogen-bond donors (Lipinski definition) is 1. The second-order valence-electron chi connectivity index (χ2n) is 6.74. The van der Waals surface area contributed by atoms with Gasteiger partial charge >= 0.3 is 0 Å². The van der Waals surface area contributed by atoms with Crippen LogP contribution < -0.4 is 16.2 Å². The van der Waals surface area contributed by atoms with Gasteiger partial charge in [-0.15, -0.1) is 17.5 Å². The highest BCUT2D eigenvalue weighted by atomic mass is 35.5. The van der Waals surface area contributed by atoms with E-state index in [2.05, 4.69) is 10.00 Å². The molecule has 1 aromatic heterocycles. The van der Waals surface area contributed by atoms with Gasteiger partial charge in [0.1, 0.15) is 11.5 Å². The van der Waals surface area contributed by atoms with E-state index in [1.165, 1.54) is 10.7 Å². The summed E-state index contributed by atoms with van der Waals surface area (Å²) < 4.78 is 15.5. The fourth-order valence-electron chi connectivity index (χ4n) is 3.56. The summed E-state index contributed by atoms with van der Waals surface area (Å²) in [5, 5.41) is 5.87. The molecule has 0 bridgehead atoms. The smallest absolute Gasteiger partial charge is 0.279 e. The van der Waals surface area contributed by atoms with Crippen LogP contribution in [0.2, 0.25) is 0 Å². The van der Waals surface area contributed by atoms with Gasteiger partial charge in [-0.05, 0) is 31.0 Å². The molecule has 1 fully saturated rings. The Labute approximate surface area is 163 Å². The summed E-state index contributed by atoms with van der Waals surface area (Å²) >= 11 is 0. The van der Waals surface area contributed by atoms with Gasteiger partial charge < -0.3 is 10.6 Å². The molecule has 5 nitrogen and oxygen atoms in total. The maximum Gasteiger partial charge on any atom is 0.279 e. The molecule has 142 valence electrons. The molecule has 2 aromatic carbocycles. The van der Waals surface area contributed by atoms with Gasteiger partial charge in [0.25, 0.3) is 5.56 Å². The summed E-state index contributed by atoms with van der Waals surface area (Å²) in [4.78, 5) is 15.1. The van der Waals surface area contributed by atoms with Gasteiger partial charge in [0.15, 0.2) is 5.82 Å². The molecule has 1 aliphatic rings. The van der Waals surface area contributed by atoms with E-state index >= 15 is 0 Å². The number of benzene rings is 2. The normalized spacial score (nSPS) is 17.4. The zero-order valence-electron chi connectivity index (χ0n) is 14.8. The second-order valence-corrected chi connectivity index (χ2v) is 6.74. The van der Waals surface area contributed by atoms with Crippen molar-refractivity contribution < 1.29 is 4.39 Å². The van der Waals surface area contributed by atoms with E-state index in [0.29, 0.717) is 17.7 Å². The molecule has 0 amide bonds. The zero-order chi connectivity index (χ0) is 18.1. The Bertz CT molecular complexity index is 1010. The second kappa shape index (κ2) is 8.06. The summed E-state index contributed by atoms with van der Waals surface area (Å²) in [6.07, 6.45) is 3.06. The van der Waals surface area contributed by atoms with Crippen molar-refractivity contribution in [2.24, 2.45) is 5.73 Å². The lowest BCUT2D eigenvalue weighted by atomic mass is 10.1. The van der Waals surface area contributed by atoms with E-state index in [9.17, 15) is 9.18 Å². The fourth-order valence-corrected chi connectivity index (χ4v) is 3.56. The van der Waals surface area contributed by atoms with E-state index in [0.717, 1.165) is 31.2 Å². The van der Waals surface area contributed by atoms with Crippen molar-refractivity contribution in [2.75, 3.05) is 18.0 Å². The van der Waals surface area contributed by atoms with Gasteiger partial charge in [-0.2, -0.15) is 4.68 Å². The standard InChI is InChI=1S/C20H21FN4O.ClH/c21-17-10-3-4-11-18(17)25-20(26)16-9-2-1-8-15(16)19(23-25)24-12-6-5-7-14(22)13-24;/h1-4,8-11,14H,5-7,12-13,22H2;1H/t14-;/m1./s1. The molecule has 1 aliphatic heterocycles. The summed E-state index contributed by atoms with van der Waals surface area (Å²) in [6, 6.07) is 13.6. The molecule has 1 saturated heterocycles. The molecule has 2 N–H and O–H groups in total. The van der Waals surface area contributed by atoms with Crippen LogP contribution in [-0.2, 0) is 0 Å². The number of rotatable bonds is 2. The van der Waals surface area contributed by atoms with Gasteiger partial charge in [-0.1, -0.05) is 36.8 Å². The first-order valence-corrected chi connectivity index (χ1v) is 8.92. The molecule has 1 atom stereocenters. The van der Waals surface area contributed by atoms with Crippen molar-refractivity contribution in [3.63, 3.8) is 0 Å². The van der Waals surface area contributed by atoms with E-state index in [4.69, 9.17) is 5.73 Å². The Balaban J connectivity index is 0.00000210. The SMILES string of the molecule is Cl.N[C@@H]1CCCCN(c2nn(-c3ccccc3F)c(=O)c3ccccc23)C1. The Morgan fingerprint density at radius 3 is 2.52 bits per heavy atom. The highest BCUT2D eigenvalue weighted by molar-refractivity contribution is 5.91. The van der Waals surface area contributed by atoms with Crippen molar-refractivity contribution in [1.29, 1.82) is 0 Å². The van der Waals surface area contributed by atoms with Crippen molar-refractivity contribution in [3.8, 4) is 5.69 Å². The third-order valence-electron chi connectivity index (χ3n) is 4.87. The van der Waals surface area contributed by atoms with E-state index < -0.39 is 5.82 Å². The lowest BCUT2D eigenvalue weighted by molar-refractivity contribution is 0.602. The lowest BCUT2D eigenvalue weighted by Gasteiger charge is -2.25. The minimum absolute atomic E-state index is 0. The van der Waals surface area contributed by atoms with Crippen LogP contribution in [0.1, 0.15) is 19.3 Å². The zero-order valence-corrected chi connectivity index (χ0v) is 15.7. The number of fused-ring (bicyclic) bond motifs is 1. The number of para-hydroxylation sites is 1. The quantitative estimate of drug-likeness (QED) is 0.731. The molecular weight excluding hydrogens is 367 g/mol. The molecule has 0 spiro atoms. The Morgan fingerprint density at radius 2 is 1.74 bits per heavy atom. The third kappa shape index (κ3) is 3.68. The third-order valence-corrected chi connectivity index (χ3v) is 4.87. The van der Waals surface area contributed by atoms with E-state index in [1.54, 1.807) is 24.3 Å². The first-order valence-electron chi connectivity index (χ1n) is 8.92. The minimum atomic E-state index is -0.476. The summed E-state index contributed by atoms with van der Waals surface area (Å²) in [7, 11) is 0. The Kier molecular flexibility index (Phi) is 5.77. The van der Waals surface area contributed by atoms with E-state index in [1.807, 2.05) is 18.2 Å². The maximum absolute atomic E-state index is 14.3. The summed E-state index contributed by atoms with van der Waals surface area (Å²) in [5.41, 5.74) is 6.04. The van der Waals surface area contributed by atoms with Gasteiger partial charge in [-0.3, -0.25) is 4.79 Å². The molecule has 3 aromatic rings. The van der Waals surface area contributed by atoms with Crippen LogP contribution in [0.15, 0.2) is 53.3 Å². The van der Waals surface area contributed by atoms with Gasteiger partial charge in [0, 0.05) is 24.5 Å². The van der Waals surface area contributed by atoms with Crippen LogP contribution >= 0.6 is 12.4 Å². The molecule has 0 radical (unpaired) electrons. The number of halogens is 2. The van der Waals surface area contributed by atoms with Crippen LogP contribution in [-0.4, -0.2) is 28.9 Å². The van der Waals surface area contributed by atoms with Crippen molar-refractivity contribution in [2.45, 2.75) is 25.3 Å². The average Bonchev–Trinajstić information content (AvgIpc) is 2.87. The monoisotopic (exact) mass is 388 g/mol. The predicted molar refractivity (Wildman–Crippen MR) is 109 cm³/mol. The molecule has 7 heteroatoms. The molecule has 27 heavy (non-hydrogen) atoms. The average molecular weight is 389 g/mol. The first kappa shape index (κ1) is 19.3. The number of hydrogen-bond acceptors (Lipinski definition) is 4. The van der Waals surface area contributed by atoms with Crippen LogP contribution in [0.3, 0.4) is 0 Å². The van der Waals surface area contributed by atoms with E-state index in [-0.39, 0.29) is 29.7 Å². The summed E-state index contributed by atoms with van der Waals surface area (Å²) in [5.74, 6) is 0.205. The van der Waals surface area contributed by atoms with Gasteiger partial charge in [0.05, 0.1) is 5.39 Å². The Hall–Kier alpha value is -2.44. The number of nitrogens with zero attached hydrogens (tertiary/aromatic N) is 3. The molecular formula is C20H22ClFN4O. The van der Waals surface area contributed by atoms with Crippen LogP contribution in [0.5, 0.6) is 0 Å². The molecule has 0 saturated carbocycles. The maximum atomic E-state index is 14.3. The molecule has 0 unspecified atom stereocenters. The number of nitrogens with two attached hydrogens (primary N) is 1. The van der Waals surface area contributed by atoms with Crippen molar-refractivity contribution >= 4 is 29.0 Å². The number of aromatic nitrogens is 2. The van der Waals surface area contributed by atoms with Crippen LogP contribution in [0.4, 0.5) is 10.2 Å². The van der Waals surface area contributed by atoms with Crippen molar-refractivity contribution in [3.05, 3.63) is 64.7 Å². The lowest BCUT2D eigenvalue weighted by Crippen LogP contribution is -2.37. The Morgan fingerprint density at radius 1 is 1.04 bits per heavy atom. The predicted octanol–water partition coefficient (Wildman–Crippen LogP) is 3.26. The minimum Gasteiger partial charge on any atom is -0.353 e. The van der Waals surface area contributed by atoms with Gasteiger partial charge in [0.2, 0.25) is 0 Å². The molecule has 0 aliphatic carbocycles. The van der Waals surface area contributed by atoms with Crippen LogP contribution in [0, 0.1) is 5.82 Å². The topological polar surface area (TPSA) is 64.2 Å². The number of anilines is 1. The summed E-state index contributed by atoms with van der Waals surface area (Å²) in [6.45, 7) is 1.49. The highest BCUT2D eigenvalue weighted by Crippen LogP contribution is 2.25. The molecule has 2 heterocycles. The first-order chi connectivity index (χ1) is 12.6. The highest BCUT2D eigenvalue weighted by Gasteiger charge is 2.21. The largest absolute Gasteiger partial charge is 0.353 e. The molecule has 4 rings (SSSR count). The van der Waals surface area contributed by atoms with Gasteiger partial charge in [-0.25, -0.2) is 4.39 Å².